The van der Waals surface area contributed by atoms with Gasteiger partial charge in [0.2, 0.25) is 5.91 Å². The van der Waals surface area contributed by atoms with Gasteiger partial charge in [0.1, 0.15) is 0 Å². The molecule has 13 heavy (non-hydrogen) atoms. The molecular formula is C9H16BrNO2. The zero-order chi connectivity index (χ0) is 9.68. The largest absolute Gasteiger partial charge is 0.376 e. The maximum atomic E-state index is 11.4. The number of carbonyl (C=O) groups is 1. The van der Waals surface area contributed by atoms with Crippen molar-refractivity contribution in [2.75, 3.05) is 25.5 Å². The Hall–Kier alpha value is -0.0900. The van der Waals surface area contributed by atoms with Gasteiger partial charge in [0.25, 0.3) is 0 Å². The van der Waals surface area contributed by atoms with Crippen molar-refractivity contribution in [2.45, 2.75) is 25.4 Å². The lowest BCUT2D eigenvalue weighted by Gasteiger charge is -2.20. The van der Waals surface area contributed by atoms with Crippen LogP contribution in [0.25, 0.3) is 0 Å². The number of hydrogen-bond donors (Lipinski definition) is 0. The fourth-order valence-corrected chi connectivity index (χ4v) is 1.81. The van der Waals surface area contributed by atoms with Crippen LogP contribution in [0.2, 0.25) is 0 Å². The van der Waals surface area contributed by atoms with Gasteiger partial charge in [0.05, 0.1) is 6.10 Å². The first-order chi connectivity index (χ1) is 6.24. The fourth-order valence-electron chi connectivity index (χ4n) is 1.47. The lowest BCUT2D eigenvalue weighted by molar-refractivity contribution is -0.130. The molecule has 1 amide bonds. The van der Waals surface area contributed by atoms with Crippen LogP contribution in [0.15, 0.2) is 0 Å². The smallest absolute Gasteiger partial charge is 0.223 e. The second-order valence-corrected chi connectivity index (χ2v) is 4.14. The molecule has 1 aliphatic rings. The minimum Gasteiger partial charge on any atom is -0.376 e. The molecule has 3 nitrogen and oxygen atoms in total. The van der Waals surface area contributed by atoms with Crippen LogP contribution in [0.4, 0.5) is 0 Å². The van der Waals surface area contributed by atoms with Gasteiger partial charge in [-0.1, -0.05) is 15.9 Å². The van der Waals surface area contributed by atoms with Gasteiger partial charge in [0, 0.05) is 32.0 Å². The Labute approximate surface area is 87.6 Å². The third kappa shape index (κ3) is 3.65. The maximum Gasteiger partial charge on any atom is 0.223 e. The first-order valence-electron chi connectivity index (χ1n) is 4.65. The van der Waals surface area contributed by atoms with Crippen molar-refractivity contribution in [3.8, 4) is 0 Å². The number of ether oxygens (including phenoxy) is 1. The number of likely N-dealkylation sites (N-methyl/N-ethyl adjacent to an activating group) is 1. The highest BCUT2D eigenvalue weighted by Gasteiger charge is 2.19. The Balaban J connectivity index is 2.22. The van der Waals surface area contributed by atoms with E-state index in [1.54, 1.807) is 4.90 Å². The van der Waals surface area contributed by atoms with Crippen molar-refractivity contribution in [3.63, 3.8) is 0 Å². The molecule has 0 spiro atoms. The van der Waals surface area contributed by atoms with Gasteiger partial charge < -0.3 is 9.64 Å². The molecule has 1 fully saturated rings. The van der Waals surface area contributed by atoms with E-state index >= 15 is 0 Å². The predicted molar refractivity (Wildman–Crippen MR) is 55.0 cm³/mol. The minimum atomic E-state index is 0.187. The lowest BCUT2D eigenvalue weighted by Crippen LogP contribution is -2.34. The number of halogens is 1. The van der Waals surface area contributed by atoms with Crippen LogP contribution in [0.3, 0.4) is 0 Å². The summed E-state index contributed by atoms with van der Waals surface area (Å²) in [6.45, 7) is 1.59. The molecular weight excluding hydrogens is 234 g/mol. The molecule has 1 atom stereocenters. The Morgan fingerprint density at radius 2 is 2.46 bits per heavy atom. The molecule has 4 heteroatoms. The van der Waals surface area contributed by atoms with Crippen LogP contribution in [-0.4, -0.2) is 42.4 Å². The third-order valence-electron chi connectivity index (χ3n) is 2.24. The summed E-state index contributed by atoms with van der Waals surface area (Å²) in [4.78, 5) is 13.1. The molecule has 76 valence electrons. The number of nitrogens with zero attached hydrogens (tertiary/aromatic N) is 1. The topological polar surface area (TPSA) is 29.5 Å². The van der Waals surface area contributed by atoms with Gasteiger partial charge in [-0.2, -0.15) is 0 Å². The van der Waals surface area contributed by atoms with Gasteiger partial charge in [-0.05, 0) is 12.8 Å². The average molecular weight is 250 g/mol. The molecule has 0 aromatic carbocycles. The van der Waals surface area contributed by atoms with E-state index in [2.05, 4.69) is 15.9 Å². The second kappa shape index (κ2) is 5.60. The molecule has 0 aliphatic carbocycles. The number of carbonyl (C=O) groups excluding carboxylic acids is 1. The van der Waals surface area contributed by atoms with Crippen molar-refractivity contribution in [1.82, 2.24) is 4.90 Å². The van der Waals surface area contributed by atoms with Gasteiger partial charge in [-0.15, -0.1) is 0 Å². The zero-order valence-corrected chi connectivity index (χ0v) is 9.55. The van der Waals surface area contributed by atoms with Gasteiger partial charge >= 0.3 is 0 Å². The minimum absolute atomic E-state index is 0.187. The summed E-state index contributed by atoms with van der Waals surface area (Å²) >= 11 is 3.25. The number of alkyl halides is 1. The zero-order valence-electron chi connectivity index (χ0n) is 7.96. The summed E-state index contributed by atoms with van der Waals surface area (Å²) in [7, 11) is 1.84. The molecule has 1 heterocycles. The Morgan fingerprint density at radius 3 is 3.00 bits per heavy atom. The Kier molecular flexibility index (Phi) is 4.73. The molecule has 0 aromatic heterocycles. The van der Waals surface area contributed by atoms with Crippen LogP contribution >= 0.6 is 15.9 Å². The molecule has 0 N–H and O–H groups in total. The van der Waals surface area contributed by atoms with E-state index in [9.17, 15) is 4.79 Å². The highest BCUT2D eigenvalue weighted by Crippen LogP contribution is 2.13. The Bertz CT molecular complexity index is 169. The quantitative estimate of drug-likeness (QED) is 0.706. The van der Waals surface area contributed by atoms with E-state index in [0.717, 1.165) is 31.3 Å². The van der Waals surface area contributed by atoms with E-state index in [0.29, 0.717) is 6.42 Å². The predicted octanol–water partition coefficient (Wildman–Crippen LogP) is 1.41. The fraction of sp³-hybridized carbons (Fsp3) is 0.889. The lowest BCUT2D eigenvalue weighted by atomic mass is 10.2. The van der Waals surface area contributed by atoms with Crippen molar-refractivity contribution < 1.29 is 9.53 Å². The normalized spacial score (nSPS) is 21.8. The molecule has 0 saturated carbocycles. The van der Waals surface area contributed by atoms with Gasteiger partial charge in [-0.3, -0.25) is 4.79 Å². The summed E-state index contributed by atoms with van der Waals surface area (Å²) in [5.41, 5.74) is 0. The summed E-state index contributed by atoms with van der Waals surface area (Å²) in [5.74, 6) is 0.187. The van der Waals surface area contributed by atoms with E-state index in [1.807, 2.05) is 7.05 Å². The maximum absolute atomic E-state index is 11.4. The molecule has 1 rings (SSSR count). The highest BCUT2D eigenvalue weighted by atomic mass is 79.9. The summed E-state index contributed by atoms with van der Waals surface area (Å²) in [6, 6.07) is 0. The summed E-state index contributed by atoms with van der Waals surface area (Å²) in [5, 5.41) is 0.738. The SMILES string of the molecule is CN(CC1CCCO1)C(=O)CCBr. The van der Waals surface area contributed by atoms with Crippen molar-refractivity contribution in [3.05, 3.63) is 0 Å². The van der Waals surface area contributed by atoms with Crippen LogP contribution in [0.5, 0.6) is 0 Å². The van der Waals surface area contributed by atoms with Crippen molar-refractivity contribution >= 4 is 21.8 Å². The van der Waals surface area contributed by atoms with Gasteiger partial charge in [0.15, 0.2) is 0 Å². The third-order valence-corrected chi connectivity index (χ3v) is 2.63. The van der Waals surface area contributed by atoms with Crippen LogP contribution in [0, 0.1) is 0 Å². The number of hydrogen-bond acceptors (Lipinski definition) is 2. The van der Waals surface area contributed by atoms with E-state index in [1.165, 1.54) is 0 Å². The van der Waals surface area contributed by atoms with Crippen molar-refractivity contribution in [2.24, 2.45) is 0 Å². The Morgan fingerprint density at radius 1 is 1.69 bits per heavy atom. The molecule has 0 radical (unpaired) electrons. The molecule has 0 bridgehead atoms. The van der Waals surface area contributed by atoms with E-state index in [4.69, 9.17) is 4.74 Å². The second-order valence-electron chi connectivity index (χ2n) is 3.35. The number of rotatable bonds is 4. The first kappa shape index (κ1) is 11.0. The molecule has 1 aliphatic heterocycles. The van der Waals surface area contributed by atoms with E-state index < -0.39 is 0 Å². The van der Waals surface area contributed by atoms with Crippen LogP contribution in [0.1, 0.15) is 19.3 Å². The monoisotopic (exact) mass is 249 g/mol. The van der Waals surface area contributed by atoms with Crippen molar-refractivity contribution in [1.29, 1.82) is 0 Å². The first-order valence-corrected chi connectivity index (χ1v) is 5.77. The highest BCUT2D eigenvalue weighted by molar-refractivity contribution is 9.09. The van der Waals surface area contributed by atoms with Gasteiger partial charge in [-0.25, -0.2) is 0 Å². The molecule has 0 aromatic rings. The molecule has 1 unspecified atom stereocenters. The average Bonchev–Trinajstić information content (AvgIpc) is 2.57. The summed E-state index contributed by atoms with van der Waals surface area (Å²) in [6.07, 6.45) is 3.06. The standard InChI is InChI=1S/C9H16BrNO2/c1-11(9(12)4-5-10)7-8-3-2-6-13-8/h8H,2-7H2,1H3. The summed E-state index contributed by atoms with van der Waals surface area (Å²) < 4.78 is 5.45. The number of amides is 1. The van der Waals surface area contributed by atoms with E-state index in [-0.39, 0.29) is 12.0 Å². The van der Waals surface area contributed by atoms with Crippen LogP contribution in [-0.2, 0) is 9.53 Å². The van der Waals surface area contributed by atoms with Crippen LogP contribution < -0.4 is 0 Å². The molecule has 1 saturated heterocycles.